The number of carbonyl (C=O) groups is 1. The Labute approximate surface area is 113 Å². The standard InChI is InChI=1S/C14H19N3O2/c1-4-8-19-16-13-11(3)15-17(14(13)18)12-7-5-6-10(2)9-12/h5-7,9,11,15H,4,8H2,1-3H3. The van der Waals surface area contributed by atoms with Gasteiger partial charge in [0.15, 0.2) is 5.71 Å². The lowest BCUT2D eigenvalue weighted by molar-refractivity contribution is -0.112. The van der Waals surface area contributed by atoms with Crippen LogP contribution in [0, 0.1) is 6.92 Å². The topological polar surface area (TPSA) is 53.9 Å². The molecule has 19 heavy (non-hydrogen) atoms. The first-order valence-corrected chi connectivity index (χ1v) is 6.50. The zero-order valence-corrected chi connectivity index (χ0v) is 11.5. The van der Waals surface area contributed by atoms with Gasteiger partial charge in [-0.25, -0.2) is 10.4 Å². The number of nitrogens with one attached hydrogen (secondary N) is 1. The lowest BCUT2D eigenvalue weighted by Crippen LogP contribution is -2.36. The Balaban J connectivity index is 2.18. The van der Waals surface area contributed by atoms with Crippen LogP contribution in [-0.2, 0) is 9.63 Å². The summed E-state index contributed by atoms with van der Waals surface area (Å²) < 4.78 is 0. The van der Waals surface area contributed by atoms with Gasteiger partial charge in [0, 0.05) is 0 Å². The quantitative estimate of drug-likeness (QED) is 0.666. The molecule has 0 radical (unpaired) electrons. The first-order chi connectivity index (χ1) is 9.13. The third-order valence-corrected chi connectivity index (χ3v) is 2.87. The molecular formula is C14H19N3O2. The molecule has 1 aliphatic rings. The van der Waals surface area contributed by atoms with Crippen LogP contribution in [0.1, 0.15) is 25.8 Å². The number of hydrogen-bond donors (Lipinski definition) is 1. The summed E-state index contributed by atoms with van der Waals surface area (Å²) in [4.78, 5) is 17.4. The molecule has 0 bridgehead atoms. The van der Waals surface area contributed by atoms with Gasteiger partial charge in [-0.1, -0.05) is 24.2 Å². The summed E-state index contributed by atoms with van der Waals surface area (Å²) in [5.41, 5.74) is 5.43. The zero-order valence-electron chi connectivity index (χ0n) is 11.5. The molecule has 1 unspecified atom stereocenters. The van der Waals surface area contributed by atoms with E-state index in [4.69, 9.17) is 4.84 Å². The molecule has 0 aromatic heterocycles. The zero-order chi connectivity index (χ0) is 13.8. The smallest absolute Gasteiger partial charge is 0.292 e. The fourth-order valence-electron chi connectivity index (χ4n) is 1.90. The van der Waals surface area contributed by atoms with E-state index in [2.05, 4.69) is 10.6 Å². The summed E-state index contributed by atoms with van der Waals surface area (Å²) in [6.07, 6.45) is 0.869. The third-order valence-electron chi connectivity index (χ3n) is 2.87. The number of nitrogens with zero attached hydrogens (tertiary/aromatic N) is 2. The van der Waals surface area contributed by atoms with E-state index in [1.807, 2.05) is 45.0 Å². The average Bonchev–Trinajstić information content (AvgIpc) is 2.67. The molecule has 0 aliphatic carbocycles. The second-order valence-electron chi connectivity index (χ2n) is 4.64. The minimum atomic E-state index is -0.158. The molecule has 1 aromatic rings. The van der Waals surface area contributed by atoms with Crippen LogP contribution in [0.4, 0.5) is 5.69 Å². The van der Waals surface area contributed by atoms with Crippen LogP contribution < -0.4 is 10.4 Å². The van der Waals surface area contributed by atoms with Gasteiger partial charge in [0.2, 0.25) is 0 Å². The first-order valence-electron chi connectivity index (χ1n) is 6.50. The summed E-state index contributed by atoms with van der Waals surface area (Å²) in [7, 11) is 0. The van der Waals surface area contributed by atoms with Gasteiger partial charge < -0.3 is 4.84 Å². The maximum atomic E-state index is 12.3. The Morgan fingerprint density at radius 3 is 2.95 bits per heavy atom. The molecule has 1 amide bonds. The number of hydrogen-bond acceptors (Lipinski definition) is 4. The van der Waals surface area contributed by atoms with Crippen molar-refractivity contribution in [1.82, 2.24) is 5.43 Å². The Hall–Kier alpha value is -1.88. The summed E-state index contributed by atoms with van der Waals surface area (Å²) in [5.74, 6) is -0.158. The SMILES string of the molecule is CCCON=C1C(=O)N(c2cccc(C)c2)NC1C. The second kappa shape index (κ2) is 5.84. The van der Waals surface area contributed by atoms with Crippen molar-refractivity contribution in [3.8, 4) is 0 Å². The summed E-state index contributed by atoms with van der Waals surface area (Å²) in [5, 5.41) is 5.46. The van der Waals surface area contributed by atoms with Crippen molar-refractivity contribution in [2.24, 2.45) is 5.16 Å². The van der Waals surface area contributed by atoms with Crippen molar-refractivity contribution in [1.29, 1.82) is 0 Å². The molecule has 1 aliphatic heterocycles. The summed E-state index contributed by atoms with van der Waals surface area (Å²) in [6, 6.07) is 7.61. The molecule has 1 N–H and O–H groups in total. The molecule has 1 atom stereocenters. The molecule has 1 aromatic carbocycles. The minimum absolute atomic E-state index is 0.148. The van der Waals surface area contributed by atoms with E-state index < -0.39 is 0 Å². The van der Waals surface area contributed by atoms with Crippen molar-refractivity contribution in [2.75, 3.05) is 11.6 Å². The number of anilines is 1. The highest BCUT2D eigenvalue weighted by Gasteiger charge is 2.35. The molecular weight excluding hydrogens is 242 g/mol. The van der Waals surface area contributed by atoms with Crippen LogP contribution in [0.3, 0.4) is 0 Å². The highest BCUT2D eigenvalue weighted by Crippen LogP contribution is 2.19. The Morgan fingerprint density at radius 2 is 2.26 bits per heavy atom. The number of oxime groups is 1. The molecule has 102 valence electrons. The molecule has 1 heterocycles. The predicted octanol–water partition coefficient (Wildman–Crippen LogP) is 2.02. The lowest BCUT2D eigenvalue weighted by atomic mass is 10.2. The minimum Gasteiger partial charge on any atom is -0.395 e. The maximum Gasteiger partial charge on any atom is 0.292 e. The van der Waals surface area contributed by atoms with E-state index in [1.165, 1.54) is 5.01 Å². The highest BCUT2D eigenvalue weighted by atomic mass is 16.6. The number of benzene rings is 1. The fraction of sp³-hybridized carbons (Fsp3) is 0.429. The normalized spacial score (nSPS) is 21.2. The van der Waals surface area contributed by atoms with Gasteiger partial charge in [-0.3, -0.25) is 4.79 Å². The van der Waals surface area contributed by atoms with E-state index in [0.717, 1.165) is 17.7 Å². The van der Waals surface area contributed by atoms with Gasteiger partial charge in [0.1, 0.15) is 6.61 Å². The first kappa shape index (κ1) is 13.5. The summed E-state index contributed by atoms with van der Waals surface area (Å²) >= 11 is 0. The lowest BCUT2D eigenvalue weighted by Gasteiger charge is -2.16. The largest absolute Gasteiger partial charge is 0.395 e. The number of hydrazine groups is 1. The van der Waals surface area contributed by atoms with Gasteiger partial charge in [0.05, 0.1) is 11.7 Å². The monoisotopic (exact) mass is 261 g/mol. The van der Waals surface area contributed by atoms with Crippen molar-refractivity contribution in [2.45, 2.75) is 33.2 Å². The van der Waals surface area contributed by atoms with Crippen LogP contribution in [-0.4, -0.2) is 24.3 Å². The van der Waals surface area contributed by atoms with Crippen molar-refractivity contribution in [3.05, 3.63) is 29.8 Å². The number of aryl methyl sites for hydroxylation is 1. The fourth-order valence-corrected chi connectivity index (χ4v) is 1.90. The van der Waals surface area contributed by atoms with Crippen LogP contribution in [0.25, 0.3) is 0 Å². The molecule has 5 nitrogen and oxygen atoms in total. The predicted molar refractivity (Wildman–Crippen MR) is 74.9 cm³/mol. The van der Waals surface area contributed by atoms with Crippen molar-refractivity contribution >= 4 is 17.3 Å². The van der Waals surface area contributed by atoms with Crippen molar-refractivity contribution < 1.29 is 9.63 Å². The Bertz CT molecular complexity index is 499. The number of amides is 1. The van der Waals surface area contributed by atoms with Gasteiger partial charge in [-0.2, -0.15) is 0 Å². The molecule has 0 saturated carbocycles. The van der Waals surface area contributed by atoms with E-state index in [1.54, 1.807) is 0 Å². The maximum absolute atomic E-state index is 12.3. The number of rotatable bonds is 4. The van der Waals surface area contributed by atoms with E-state index in [9.17, 15) is 4.79 Å². The van der Waals surface area contributed by atoms with Crippen LogP contribution in [0.2, 0.25) is 0 Å². The average molecular weight is 261 g/mol. The second-order valence-corrected chi connectivity index (χ2v) is 4.64. The Kier molecular flexibility index (Phi) is 4.16. The molecule has 1 saturated heterocycles. The summed E-state index contributed by atoms with van der Waals surface area (Å²) in [6.45, 7) is 6.40. The van der Waals surface area contributed by atoms with Crippen LogP contribution in [0.5, 0.6) is 0 Å². The van der Waals surface area contributed by atoms with Crippen LogP contribution >= 0.6 is 0 Å². The van der Waals surface area contributed by atoms with E-state index in [-0.39, 0.29) is 11.9 Å². The molecule has 0 spiro atoms. The van der Waals surface area contributed by atoms with Crippen molar-refractivity contribution in [3.63, 3.8) is 0 Å². The van der Waals surface area contributed by atoms with E-state index in [0.29, 0.717) is 12.3 Å². The van der Waals surface area contributed by atoms with E-state index >= 15 is 0 Å². The highest BCUT2D eigenvalue weighted by molar-refractivity contribution is 6.47. The molecule has 2 rings (SSSR count). The van der Waals surface area contributed by atoms with Gasteiger partial charge in [0.25, 0.3) is 5.91 Å². The molecule has 1 fully saturated rings. The van der Waals surface area contributed by atoms with Gasteiger partial charge in [-0.05, 0) is 38.0 Å². The van der Waals surface area contributed by atoms with Gasteiger partial charge >= 0.3 is 0 Å². The number of carbonyl (C=O) groups excluding carboxylic acids is 1. The third kappa shape index (κ3) is 2.93. The van der Waals surface area contributed by atoms with Crippen LogP contribution in [0.15, 0.2) is 29.4 Å². The molecule has 5 heteroatoms. The Morgan fingerprint density at radius 1 is 1.47 bits per heavy atom. The van der Waals surface area contributed by atoms with Gasteiger partial charge in [-0.15, -0.1) is 0 Å².